The van der Waals surface area contributed by atoms with E-state index in [0.717, 1.165) is 36.7 Å². The highest BCUT2D eigenvalue weighted by Gasteiger charge is 2.15. The molecular weight excluding hydrogens is 332 g/mol. The number of amides is 1. The van der Waals surface area contributed by atoms with Gasteiger partial charge in [0.05, 0.1) is 10.8 Å². The van der Waals surface area contributed by atoms with Crippen LogP contribution in [0.2, 0.25) is 0 Å². The van der Waals surface area contributed by atoms with Crippen molar-refractivity contribution in [3.8, 4) is 0 Å². The van der Waals surface area contributed by atoms with E-state index in [-0.39, 0.29) is 23.6 Å². The minimum absolute atomic E-state index is 0.180. The highest BCUT2D eigenvalue weighted by molar-refractivity contribution is 5.81. The van der Waals surface area contributed by atoms with Gasteiger partial charge in [-0.15, -0.1) is 0 Å². The van der Waals surface area contributed by atoms with Crippen LogP contribution < -0.4 is 16.4 Å². The summed E-state index contributed by atoms with van der Waals surface area (Å²) in [7, 11) is 0. The molecule has 1 aromatic carbocycles. The third-order valence-corrected chi connectivity index (χ3v) is 5.04. The van der Waals surface area contributed by atoms with Gasteiger partial charge in [0.1, 0.15) is 6.54 Å². The average Bonchev–Trinajstić information content (AvgIpc) is 2.64. The summed E-state index contributed by atoms with van der Waals surface area (Å²) < 4.78 is 1.08. The number of nitrogens with zero attached hydrogens (tertiary/aromatic N) is 2. The Morgan fingerprint density at radius 1 is 1.19 bits per heavy atom. The first-order valence-electron chi connectivity index (χ1n) is 9.25. The second-order valence-corrected chi connectivity index (χ2v) is 7.11. The van der Waals surface area contributed by atoms with Crippen molar-refractivity contribution in [3.63, 3.8) is 0 Å². The number of hydrogen-bond acceptors (Lipinski definition) is 4. The molecule has 2 heterocycles. The average molecular weight is 358 g/mol. The molecule has 7 heteroatoms. The molecule has 0 spiro atoms. The predicted octanol–water partition coefficient (Wildman–Crippen LogP) is 0.928. The van der Waals surface area contributed by atoms with Crippen molar-refractivity contribution in [1.82, 2.24) is 20.0 Å². The molecule has 0 bridgehead atoms. The molecule has 0 atom stereocenters. The number of rotatable bonds is 6. The van der Waals surface area contributed by atoms with Crippen LogP contribution in [-0.4, -0.2) is 46.8 Å². The molecule has 1 fully saturated rings. The Labute approximate surface area is 152 Å². The lowest BCUT2D eigenvalue weighted by molar-refractivity contribution is -0.121. The van der Waals surface area contributed by atoms with E-state index in [0.29, 0.717) is 17.3 Å². The van der Waals surface area contributed by atoms with Crippen molar-refractivity contribution < 1.29 is 4.79 Å². The Kier molecular flexibility index (Phi) is 5.88. The Morgan fingerprint density at radius 3 is 2.62 bits per heavy atom. The number of carbonyl (C=O) groups excluding carboxylic acids is 1. The standard InChI is InChI=1S/C19H26N4O3/c1-14-7-11-22(12-8-14)10-4-9-20-17(24)13-23-19(26)16-6-3-2-5-15(16)18(25)21-23/h2-3,5-6,14H,4,7-13H2,1H3,(H,20,24)(H,21,25). The number of likely N-dealkylation sites (tertiary alicyclic amines) is 1. The third-order valence-electron chi connectivity index (χ3n) is 5.04. The van der Waals surface area contributed by atoms with Crippen LogP contribution in [0.5, 0.6) is 0 Å². The van der Waals surface area contributed by atoms with Crippen molar-refractivity contribution in [3.05, 3.63) is 45.0 Å². The molecule has 140 valence electrons. The zero-order valence-electron chi connectivity index (χ0n) is 15.2. The lowest BCUT2D eigenvalue weighted by atomic mass is 9.99. The van der Waals surface area contributed by atoms with Crippen LogP contribution in [0.25, 0.3) is 10.8 Å². The number of piperidine rings is 1. The number of nitrogens with one attached hydrogen (secondary N) is 2. The highest BCUT2D eigenvalue weighted by Crippen LogP contribution is 2.15. The fraction of sp³-hybridized carbons (Fsp3) is 0.526. The fourth-order valence-corrected chi connectivity index (χ4v) is 3.37. The molecule has 0 unspecified atom stereocenters. The molecular formula is C19H26N4O3. The molecule has 7 nitrogen and oxygen atoms in total. The Balaban J connectivity index is 1.51. The van der Waals surface area contributed by atoms with Gasteiger partial charge in [0.2, 0.25) is 5.91 Å². The number of hydrogen-bond donors (Lipinski definition) is 2. The van der Waals surface area contributed by atoms with Crippen molar-refractivity contribution in [2.24, 2.45) is 5.92 Å². The van der Waals surface area contributed by atoms with Gasteiger partial charge in [0, 0.05) is 6.54 Å². The minimum atomic E-state index is -0.368. The number of fused-ring (bicyclic) bond motifs is 1. The molecule has 1 aliphatic rings. The first-order chi connectivity index (χ1) is 12.5. The van der Waals surface area contributed by atoms with Gasteiger partial charge in [0.25, 0.3) is 11.1 Å². The van der Waals surface area contributed by atoms with Crippen LogP contribution in [0, 0.1) is 5.92 Å². The van der Waals surface area contributed by atoms with E-state index in [2.05, 4.69) is 22.2 Å². The lowest BCUT2D eigenvalue weighted by Crippen LogP contribution is -2.38. The summed E-state index contributed by atoms with van der Waals surface area (Å²) in [5, 5.41) is 5.96. The van der Waals surface area contributed by atoms with E-state index in [1.54, 1.807) is 24.3 Å². The number of carbonyl (C=O) groups is 1. The quantitative estimate of drug-likeness (QED) is 0.752. The lowest BCUT2D eigenvalue weighted by Gasteiger charge is -2.30. The largest absolute Gasteiger partial charge is 0.354 e. The molecule has 1 aliphatic heterocycles. The van der Waals surface area contributed by atoms with Gasteiger partial charge in [-0.25, -0.2) is 4.68 Å². The van der Waals surface area contributed by atoms with Gasteiger partial charge in [-0.05, 0) is 56.9 Å². The van der Waals surface area contributed by atoms with E-state index in [4.69, 9.17) is 0 Å². The van der Waals surface area contributed by atoms with E-state index < -0.39 is 0 Å². The van der Waals surface area contributed by atoms with E-state index in [1.165, 1.54) is 12.8 Å². The van der Waals surface area contributed by atoms with Crippen LogP contribution in [0.3, 0.4) is 0 Å². The second-order valence-electron chi connectivity index (χ2n) is 7.11. The number of H-pyrrole nitrogens is 1. The highest BCUT2D eigenvalue weighted by atomic mass is 16.2. The van der Waals surface area contributed by atoms with Gasteiger partial charge >= 0.3 is 0 Å². The molecule has 0 radical (unpaired) electrons. The van der Waals surface area contributed by atoms with Crippen LogP contribution >= 0.6 is 0 Å². The Morgan fingerprint density at radius 2 is 1.88 bits per heavy atom. The van der Waals surface area contributed by atoms with Crippen molar-refractivity contribution in [2.45, 2.75) is 32.7 Å². The van der Waals surface area contributed by atoms with Crippen molar-refractivity contribution in [1.29, 1.82) is 0 Å². The zero-order valence-corrected chi connectivity index (χ0v) is 15.2. The normalized spacial score (nSPS) is 16.0. The summed E-state index contributed by atoms with van der Waals surface area (Å²) in [5.41, 5.74) is -0.731. The fourth-order valence-electron chi connectivity index (χ4n) is 3.37. The molecule has 1 aromatic heterocycles. The van der Waals surface area contributed by atoms with Crippen LogP contribution in [0.4, 0.5) is 0 Å². The first-order valence-corrected chi connectivity index (χ1v) is 9.25. The van der Waals surface area contributed by atoms with Crippen molar-refractivity contribution in [2.75, 3.05) is 26.2 Å². The van der Waals surface area contributed by atoms with Gasteiger partial charge in [0.15, 0.2) is 0 Å². The number of aromatic amines is 1. The Hall–Kier alpha value is -2.41. The summed E-state index contributed by atoms with van der Waals surface area (Å²) in [4.78, 5) is 39.0. The van der Waals surface area contributed by atoms with Gasteiger partial charge in [-0.2, -0.15) is 0 Å². The third kappa shape index (κ3) is 4.40. The number of benzene rings is 1. The summed E-state index contributed by atoms with van der Waals surface area (Å²) in [5.74, 6) is 0.540. The summed E-state index contributed by atoms with van der Waals surface area (Å²) >= 11 is 0. The molecule has 1 saturated heterocycles. The van der Waals surface area contributed by atoms with Gasteiger partial charge in [-0.1, -0.05) is 19.1 Å². The van der Waals surface area contributed by atoms with Gasteiger partial charge < -0.3 is 10.2 Å². The molecule has 3 rings (SSSR count). The maximum atomic E-state index is 12.4. The van der Waals surface area contributed by atoms with Crippen LogP contribution in [-0.2, 0) is 11.3 Å². The molecule has 0 saturated carbocycles. The molecule has 0 aliphatic carbocycles. The summed E-state index contributed by atoms with van der Waals surface area (Å²) in [6.45, 7) is 5.90. The van der Waals surface area contributed by atoms with E-state index in [1.807, 2.05) is 0 Å². The maximum Gasteiger partial charge on any atom is 0.273 e. The molecule has 1 amide bonds. The molecule has 26 heavy (non-hydrogen) atoms. The summed E-state index contributed by atoms with van der Waals surface area (Å²) in [6, 6.07) is 6.61. The monoisotopic (exact) mass is 358 g/mol. The van der Waals surface area contributed by atoms with Crippen LogP contribution in [0.15, 0.2) is 33.9 Å². The predicted molar refractivity (Wildman–Crippen MR) is 101 cm³/mol. The van der Waals surface area contributed by atoms with Crippen LogP contribution in [0.1, 0.15) is 26.2 Å². The van der Waals surface area contributed by atoms with Gasteiger partial charge in [-0.3, -0.25) is 19.5 Å². The first kappa shape index (κ1) is 18.4. The smallest absolute Gasteiger partial charge is 0.273 e. The SMILES string of the molecule is CC1CCN(CCCNC(=O)Cn2[nH]c(=O)c3ccccc3c2=O)CC1. The summed E-state index contributed by atoms with van der Waals surface area (Å²) in [6.07, 6.45) is 3.36. The van der Waals surface area contributed by atoms with Crippen molar-refractivity contribution >= 4 is 16.7 Å². The molecule has 2 aromatic rings. The minimum Gasteiger partial charge on any atom is -0.354 e. The van der Waals surface area contributed by atoms with E-state index >= 15 is 0 Å². The topological polar surface area (TPSA) is 87.2 Å². The maximum absolute atomic E-state index is 12.4. The Bertz CT molecular complexity index is 878. The zero-order chi connectivity index (χ0) is 18.5. The van der Waals surface area contributed by atoms with E-state index in [9.17, 15) is 14.4 Å². The number of aromatic nitrogens is 2. The second kappa shape index (κ2) is 8.31. The molecule has 2 N–H and O–H groups in total.